The molecule has 7 heteroatoms. The van der Waals surface area contributed by atoms with Gasteiger partial charge in [0.2, 0.25) is 5.88 Å². The standard InChI is InChI=1S/C27H33N5O2/c28-15-19-1-3-22(4-2-19)26-27(23-5-6-24(30-16-23)21-9-13-33-14-10-21)32-25(17-31-26)34-18-20-7-11-29-12-8-20/h1-6,16-17,20-21,29H,7-15,18,28H2. The van der Waals surface area contributed by atoms with E-state index >= 15 is 0 Å². The Morgan fingerprint density at radius 1 is 0.882 bits per heavy atom. The molecular weight excluding hydrogens is 426 g/mol. The van der Waals surface area contributed by atoms with Crippen LogP contribution in [0.25, 0.3) is 22.5 Å². The van der Waals surface area contributed by atoms with E-state index < -0.39 is 0 Å². The third-order valence-electron chi connectivity index (χ3n) is 6.84. The maximum Gasteiger partial charge on any atom is 0.232 e. The van der Waals surface area contributed by atoms with Crippen molar-refractivity contribution in [3.05, 3.63) is 60.0 Å². The number of pyridine rings is 1. The largest absolute Gasteiger partial charge is 0.476 e. The van der Waals surface area contributed by atoms with Gasteiger partial charge in [0.15, 0.2) is 0 Å². The van der Waals surface area contributed by atoms with Crippen molar-refractivity contribution in [2.45, 2.75) is 38.1 Å². The predicted molar refractivity (Wildman–Crippen MR) is 132 cm³/mol. The van der Waals surface area contributed by atoms with Gasteiger partial charge in [0.25, 0.3) is 0 Å². The second kappa shape index (κ2) is 11.0. The van der Waals surface area contributed by atoms with Crippen LogP contribution in [-0.2, 0) is 11.3 Å². The number of hydrogen-bond donors (Lipinski definition) is 2. The fourth-order valence-electron chi connectivity index (χ4n) is 4.69. The summed E-state index contributed by atoms with van der Waals surface area (Å²) in [5.74, 6) is 1.57. The van der Waals surface area contributed by atoms with Gasteiger partial charge in [0.05, 0.1) is 18.5 Å². The van der Waals surface area contributed by atoms with Gasteiger partial charge in [0, 0.05) is 48.7 Å². The Kier molecular flexibility index (Phi) is 7.43. The first-order valence-electron chi connectivity index (χ1n) is 12.3. The number of rotatable bonds is 7. The van der Waals surface area contributed by atoms with Crippen molar-refractivity contribution in [3.8, 4) is 28.4 Å². The van der Waals surface area contributed by atoms with Crippen molar-refractivity contribution in [3.63, 3.8) is 0 Å². The fourth-order valence-corrected chi connectivity index (χ4v) is 4.69. The molecule has 7 nitrogen and oxygen atoms in total. The van der Waals surface area contributed by atoms with Gasteiger partial charge in [-0.2, -0.15) is 0 Å². The lowest BCUT2D eigenvalue weighted by atomic mass is 9.95. The van der Waals surface area contributed by atoms with E-state index in [0.717, 1.165) is 85.8 Å². The third-order valence-corrected chi connectivity index (χ3v) is 6.84. The summed E-state index contributed by atoms with van der Waals surface area (Å²) in [5, 5.41) is 3.40. The molecule has 4 heterocycles. The number of ether oxygens (including phenoxy) is 2. The van der Waals surface area contributed by atoms with E-state index in [2.05, 4.69) is 29.6 Å². The zero-order valence-electron chi connectivity index (χ0n) is 19.6. The molecule has 0 atom stereocenters. The lowest BCUT2D eigenvalue weighted by molar-refractivity contribution is 0.0845. The van der Waals surface area contributed by atoms with Crippen LogP contribution in [0.4, 0.5) is 0 Å². The molecule has 0 bridgehead atoms. The highest BCUT2D eigenvalue weighted by Crippen LogP contribution is 2.32. The maximum atomic E-state index is 6.10. The monoisotopic (exact) mass is 459 g/mol. The highest BCUT2D eigenvalue weighted by molar-refractivity contribution is 5.77. The van der Waals surface area contributed by atoms with Crippen LogP contribution >= 0.6 is 0 Å². The van der Waals surface area contributed by atoms with Gasteiger partial charge >= 0.3 is 0 Å². The first kappa shape index (κ1) is 22.9. The molecule has 178 valence electrons. The summed E-state index contributed by atoms with van der Waals surface area (Å²) in [6, 6.07) is 12.4. The van der Waals surface area contributed by atoms with E-state index in [4.69, 9.17) is 30.2 Å². The molecule has 5 rings (SSSR count). The number of hydrogen-bond acceptors (Lipinski definition) is 7. The molecule has 0 aliphatic carbocycles. The second-order valence-electron chi connectivity index (χ2n) is 9.17. The lowest BCUT2D eigenvalue weighted by Crippen LogP contribution is -2.30. The van der Waals surface area contributed by atoms with Crippen LogP contribution in [0.2, 0.25) is 0 Å². The van der Waals surface area contributed by atoms with Gasteiger partial charge in [-0.1, -0.05) is 24.3 Å². The first-order chi connectivity index (χ1) is 16.8. The quantitative estimate of drug-likeness (QED) is 0.553. The summed E-state index contributed by atoms with van der Waals surface area (Å²) in [6.07, 6.45) is 7.95. The highest BCUT2D eigenvalue weighted by atomic mass is 16.5. The van der Waals surface area contributed by atoms with Gasteiger partial charge in [-0.3, -0.25) is 4.98 Å². The molecule has 0 amide bonds. The third kappa shape index (κ3) is 5.43. The van der Waals surface area contributed by atoms with Crippen LogP contribution < -0.4 is 15.8 Å². The lowest BCUT2D eigenvalue weighted by Gasteiger charge is -2.22. The van der Waals surface area contributed by atoms with Crippen LogP contribution in [0.15, 0.2) is 48.8 Å². The Balaban J connectivity index is 1.43. The van der Waals surface area contributed by atoms with Crippen LogP contribution in [0.5, 0.6) is 5.88 Å². The number of nitrogens with zero attached hydrogens (tertiary/aromatic N) is 3. The minimum atomic E-state index is 0.455. The van der Waals surface area contributed by atoms with E-state index in [9.17, 15) is 0 Å². The van der Waals surface area contributed by atoms with Gasteiger partial charge < -0.3 is 20.5 Å². The Labute approximate surface area is 201 Å². The number of piperidine rings is 1. The molecular formula is C27H33N5O2. The Morgan fingerprint density at radius 2 is 1.65 bits per heavy atom. The topological polar surface area (TPSA) is 95.2 Å². The Bertz CT molecular complexity index is 1060. The average Bonchev–Trinajstić information content (AvgIpc) is 2.93. The molecule has 0 unspecified atom stereocenters. The molecule has 3 aromatic rings. The molecule has 0 radical (unpaired) electrons. The summed E-state index contributed by atoms with van der Waals surface area (Å²) >= 11 is 0. The van der Waals surface area contributed by atoms with E-state index in [0.29, 0.717) is 30.9 Å². The zero-order chi connectivity index (χ0) is 23.2. The molecule has 2 saturated heterocycles. The molecule has 2 aromatic heterocycles. The highest BCUT2D eigenvalue weighted by Gasteiger charge is 2.19. The Morgan fingerprint density at radius 3 is 2.35 bits per heavy atom. The average molecular weight is 460 g/mol. The molecule has 0 spiro atoms. The Hall–Kier alpha value is -2.87. The van der Waals surface area contributed by atoms with E-state index in [1.807, 2.05) is 18.3 Å². The van der Waals surface area contributed by atoms with Crippen LogP contribution in [-0.4, -0.2) is 47.9 Å². The summed E-state index contributed by atoms with van der Waals surface area (Å²) in [7, 11) is 0. The molecule has 2 fully saturated rings. The van der Waals surface area contributed by atoms with Crippen molar-refractivity contribution < 1.29 is 9.47 Å². The van der Waals surface area contributed by atoms with Gasteiger partial charge in [-0.25, -0.2) is 9.97 Å². The molecule has 0 saturated carbocycles. The van der Waals surface area contributed by atoms with Crippen molar-refractivity contribution in [2.75, 3.05) is 32.9 Å². The normalized spacial score (nSPS) is 17.6. The molecule has 2 aliphatic rings. The summed E-state index contributed by atoms with van der Waals surface area (Å²) < 4.78 is 11.6. The molecule has 34 heavy (non-hydrogen) atoms. The number of nitrogens with one attached hydrogen (secondary N) is 1. The number of benzene rings is 1. The van der Waals surface area contributed by atoms with Gasteiger partial charge in [-0.05, 0) is 62.4 Å². The minimum Gasteiger partial charge on any atom is -0.476 e. The molecule has 1 aromatic carbocycles. The summed E-state index contributed by atoms with van der Waals surface area (Å²) in [5.41, 5.74) is 11.5. The van der Waals surface area contributed by atoms with Crippen molar-refractivity contribution in [1.82, 2.24) is 20.3 Å². The van der Waals surface area contributed by atoms with E-state index in [1.54, 1.807) is 6.20 Å². The predicted octanol–water partition coefficient (Wildman–Crippen LogP) is 3.94. The summed E-state index contributed by atoms with van der Waals surface area (Å²) in [6.45, 7) is 4.89. The zero-order valence-corrected chi connectivity index (χ0v) is 19.6. The van der Waals surface area contributed by atoms with Gasteiger partial charge in [-0.15, -0.1) is 0 Å². The fraction of sp³-hybridized carbons (Fsp3) is 0.444. The van der Waals surface area contributed by atoms with Crippen LogP contribution in [0, 0.1) is 5.92 Å². The maximum absolute atomic E-state index is 6.10. The molecule has 3 N–H and O–H groups in total. The van der Waals surface area contributed by atoms with E-state index in [1.165, 1.54) is 0 Å². The van der Waals surface area contributed by atoms with Crippen molar-refractivity contribution >= 4 is 0 Å². The van der Waals surface area contributed by atoms with Crippen LogP contribution in [0.1, 0.15) is 42.9 Å². The van der Waals surface area contributed by atoms with Crippen molar-refractivity contribution in [2.24, 2.45) is 11.7 Å². The van der Waals surface area contributed by atoms with E-state index in [-0.39, 0.29) is 0 Å². The first-order valence-corrected chi connectivity index (χ1v) is 12.3. The minimum absolute atomic E-state index is 0.455. The summed E-state index contributed by atoms with van der Waals surface area (Å²) in [4.78, 5) is 14.5. The number of nitrogens with two attached hydrogens (primary N) is 1. The van der Waals surface area contributed by atoms with Crippen LogP contribution in [0.3, 0.4) is 0 Å². The molecule has 2 aliphatic heterocycles. The second-order valence-corrected chi connectivity index (χ2v) is 9.17. The van der Waals surface area contributed by atoms with Crippen molar-refractivity contribution in [1.29, 1.82) is 0 Å². The smallest absolute Gasteiger partial charge is 0.232 e. The van der Waals surface area contributed by atoms with Gasteiger partial charge in [0.1, 0.15) is 5.69 Å². The number of aromatic nitrogens is 3. The SMILES string of the molecule is NCc1ccc(-c2ncc(OCC3CCNCC3)nc2-c2ccc(C3CCOCC3)nc2)cc1.